The number of nitrogens with one attached hydrogen (secondary N) is 1. The first kappa shape index (κ1) is 9.01. The maximum absolute atomic E-state index is 10.1. The molecule has 0 aliphatic carbocycles. The van der Waals surface area contributed by atoms with E-state index in [1.807, 2.05) is 6.92 Å². The molecule has 3 nitrogen and oxygen atoms in total. The number of aliphatic carboxylic acids is 1. The van der Waals surface area contributed by atoms with Gasteiger partial charge in [-0.3, -0.25) is 0 Å². The summed E-state index contributed by atoms with van der Waals surface area (Å²) in [6.07, 6.45) is 2.17. The van der Waals surface area contributed by atoms with Crippen molar-refractivity contribution in [3.63, 3.8) is 0 Å². The van der Waals surface area contributed by atoms with Gasteiger partial charge in [0, 0.05) is 18.3 Å². The summed E-state index contributed by atoms with van der Waals surface area (Å²) in [6.45, 7) is 4.60. The minimum absolute atomic E-state index is 0.703. The number of allylic oxidation sites excluding steroid dienone is 1. The molecule has 0 bridgehead atoms. The minimum Gasteiger partial charge on any atom is -0.478 e. The molecule has 0 heterocycles. The number of carboxylic acids is 1. The first-order valence-corrected chi connectivity index (χ1v) is 3.32. The lowest BCUT2D eigenvalue weighted by atomic mass is 10.4. The third kappa shape index (κ3) is 5.15. The molecule has 0 amide bonds. The van der Waals surface area contributed by atoms with Crippen molar-refractivity contribution in [2.24, 2.45) is 0 Å². The molecule has 0 spiro atoms. The van der Waals surface area contributed by atoms with Crippen molar-refractivity contribution in [3.8, 4) is 0 Å². The van der Waals surface area contributed by atoms with Crippen LogP contribution >= 0.6 is 0 Å². The van der Waals surface area contributed by atoms with Crippen molar-refractivity contribution in [2.45, 2.75) is 20.3 Å². The molecule has 2 N–H and O–H groups in total. The lowest BCUT2D eigenvalue weighted by molar-refractivity contribution is -0.131. The van der Waals surface area contributed by atoms with E-state index in [2.05, 4.69) is 5.32 Å². The first-order valence-electron chi connectivity index (χ1n) is 3.32. The Kier molecular flexibility index (Phi) is 4.37. The van der Waals surface area contributed by atoms with Crippen LogP contribution in [0.15, 0.2) is 11.8 Å². The summed E-state index contributed by atoms with van der Waals surface area (Å²) in [7, 11) is 0. The maximum Gasteiger partial charge on any atom is 0.330 e. The molecule has 0 unspecified atom stereocenters. The summed E-state index contributed by atoms with van der Waals surface area (Å²) >= 11 is 0. The Labute approximate surface area is 60.7 Å². The molecule has 10 heavy (non-hydrogen) atoms. The molecule has 0 aromatic carbocycles. The molecule has 0 rings (SSSR count). The summed E-state index contributed by atoms with van der Waals surface area (Å²) < 4.78 is 0. The third-order valence-corrected chi connectivity index (χ3v) is 0.994. The van der Waals surface area contributed by atoms with Crippen LogP contribution in [0.4, 0.5) is 0 Å². The highest BCUT2D eigenvalue weighted by Gasteiger charge is 1.90. The van der Waals surface area contributed by atoms with Gasteiger partial charge in [-0.05, 0) is 13.3 Å². The van der Waals surface area contributed by atoms with Gasteiger partial charge in [-0.15, -0.1) is 0 Å². The van der Waals surface area contributed by atoms with Crippen LogP contribution in [0.25, 0.3) is 0 Å². The predicted molar refractivity (Wildman–Crippen MR) is 39.7 cm³/mol. The Morgan fingerprint density at radius 1 is 1.70 bits per heavy atom. The van der Waals surface area contributed by atoms with E-state index in [0.29, 0.717) is 5.70 Å². The summed E-state index contributed by atoms with van der Waals surface area (Å²) in [4.78, 5) is 10.1. The van der Waals surface area contributed by atoms with Gasteiger partial charge >= 0.3 is 5.97 Å². The Balaban J connectivity index is 3.60. The lowest BCUT2D eigenvalue weighted by Crippen LogP contribution is -2.12. The molecule has 0 aromatic heterocycles. The average Bonchev–Trinajstić information content (AvgIpc) is 1.82. The molecule has 0 saturated carbocycles. The van der Waals surface area contributed by atoms with Gasteiger partial charge < -0.3 is 10.4 Å². The predicted octanol–water partition coefficient (Wildman–Crippen LogP) is 0.974. The van der Waals surface area contributed by atoms with Gasteiger partial charge in [0.1, 0.15) is 0 Å². The summed E-state index contributed by atoms with van der Waals surface area (Å²) in [5.41, 5.74) is 0.703. The molecule has 0 atom stereocenters. The summed E-state index contributed by atoms with van der Waals surface area (Å²) in [5.74, 6) is -0.902. The normalized spacial score (nSPS) is 11.2. The van der Waals surface area contributed by atoms with Crippen LogP contribution in [-0.2, 0) is 4.79 Å². The summed E-state index contributed by atoms with van der Waals surface area (Å²) in [6, 6.07) is 0. The van der Waals surface area contributed by atoms with Crippen LogP contribution < -0.4 is 5.32 Å². The van der Waals surface area contributed by atoms with Crippen molar-refractivity contribution < 1.29 is 9.90 Å². The maximum atomic E-state index is 10.1. The summed E-state index contributed by atoms with van der Waals surface area (Å²) in [5, 5.41) is 11.2. The van der Waals surface area contributed by atoms with Gasteiger partial charge in [-0.25, -0.2) is 4.79 Å². The smallest absolute Gasteiger partial charge is 0.330 e. The van der Waals surface area contributed by atoms with E-state index < -0.39 is 5.97 Å². The minimum atomic E-state index is -0.902. The molecular weight excluding hydrogens is 130 g/mol. The van der Waals surface area contributed by atoms with E-state index in [1.165, 1.54) is 0 Å². The highest BCUT2D eigenvalue weighted by Crippen LogP contribution is 1.85. The fourth-order valence-electron chi connectivity index (χ4n) is 0.558. The standard InChI is InChI=1S/C7H13NO2/c1-3-4-8-6(2)5-7(9)10/h5,8H,3-4H2,1-2H3,(H,9,10)/b6-5-. The highest BCUT2D eigenvalue weighted by molar-refractivity contribution is 5.80. The Hall–Kier alpha value is -0.990. The Morgan fingerprint density at radius 2 is 2.30 bits per heavy atom. The number of rotatable bonds is 4. The van der Waals surface area contributed by atoms with Gasteiger partial charge in [0.2, 0.25) is 0 Å². The van der Waals surface area contributed by atoms with Crippen LogP contribution in [0.2, 0.25) is 0 Å². The largest absolute Gasteiger partial charge is 0.478 e. The van der Waals surface area contributed by atoms with Crippen molar-refractivity contribution >= 4 is 5.97 Å². The fourth-order valence-corrected chi connectivity index (χ4v) is 0.558. The van der Waals surface area contributed by atoms with Gasteiger partial charge in [0.25, 0.3) is 0 Å². The van der Waals surface area contributed by atoms with E-state index in [1.54, 1.807) is 6.92 Å². The van der Waals surface area contributed by atoms with Crippen LogP contribution in [0.3, 0.4) is 0 Å². The van der Waals surface area contributed by atoms with Gasteiger partial charge in [-0.2, -0.15) is 0 Å². The van der Waals surface area contributed by atoms with Crippen LogP contribution in [0.5, 0.6) is 0 Å². The number of hydrogen-bond donors (Lipinski definition) is 2. The van der Waals surface area contributed by atoms with Gasteiger partial charge in [-0.1, -0.05) is 6.92 Å². The van der Waals surface area contributed by atoms with Crippen molar-refractivity contribution in [3.05, 3.63) is 11.8 Å². The second kappa shape index (κ2) is 4.85. The van der Waals surface area contributed by atoms with E-state index in [-0.39, 0.29) is 0 Å². The van der Waals surface area contributed by atoms with Gasteiger partial charge in [0.05, 0.1) is 0 Å². The Morgan fingerprint density at radius 3 is 2.70 bits per heavy atom. The van der Waals surface area contributed by atoms with Crippen LogP contribution in [-0.4, -0.2) is 17.6 Å². The molecule has 0 aromatic rings. The van der Waals surface area contributed by atoms with E-state index in [4.69, 9.17) is 5.11 Å². The van der Waals surface area contributed by atoms with E-state index >= 15 is 0 Å². The van der Waals surface area contributed by atoms with Crippen LogP contribution in [0, 0.1) is 0 Å². The second-order valence-electron chi connectivity index (χ2n) is 2.09. The topological polar surface area (TPSA) is 49.3 Å². The highest BCUT2D eigenvalue weighted by atomic mass is 16.4. The zero-order chi connectivity index (χ0) is 7.98. The zero-order valence-electron chi connectivity index (χ0n) is 6.35. The fraction of sp³-hybridized carbons (Fsp3) is 0.571. The average molecular weight is 143 g/mol. The third-order valence-electron chi connectivity index (χ3n) is 0.994. The molecule has 0 aliphatic heterocycles. The monoisotopic (exact) mass is 143 g/mol. The first-order chi connectivity index (χ1) is 4.66. The molecule has 0 saturated heterocycles. The molecular formula is C7H13NO2. The Bertz CT molecular complexity index is 141. The molecule has 3 heteroatoms. The molecule has 0 aliphatic rings. The SMILES string of the molecule is CCCN/C(C)=C\C(=O)O. The van der Waals surface area contributed by atoms with Crippen molar-refractivity contribution in [1.82, 2.24) is 5.32 Å². The molecule has 0 fully saturated rings. The van der Waals surface area contributed by atoms with E-state index in [9.17, 15) is 4.79 Å². The van der Waals surface area contributed by atoms with E-state index in [0.717, 1.165) is 19.0 Å². The number of carboxylic acid groups (broad SMARTS) is 1. The van der Waals surface area contributed by atoms with Crippen molar-refractivity contribution in [1.29, 1.82) is 0 Å². The lowest BCUT2D eigenvalue weighted by Gasteiger charge is -2.01. The number of hydrogen-bond acceptors (Lipinski definition) is 2. The quantitative estimate of drug-likeness (QED) is 0.576. The number of carbonyl (C=O) groups is 1. The van der Waals surface area contributed by atoms with Crippen molar-refractivity contribution in [2.75, 3.05) is 6.54 Å². The zero-order valence-corrected chi connectivity index (χ0v) is 6.35. The molecule has 0 radical (unpaired) electrons. The second-order valence-corrected chi connectivity index (χ2v) is 2.09. The molecule has 58 valence electrons. The van der Waals surface area contributed by atoms with Crippen LogP contribution in [0.1, 0.15) is 20.3 Å². The van der Waals surface area contributed by atoms with Gasteiger partial charge in [0.15, 0.2) is 0 Å².